The van der Waals surface area contributed by atoms with Crippen LogP contribution in [-0.2, 0) is 23.0 Å². The summed E-state index contributed by atoms with van der Waals surface area (Å²) < 4.78 is 27.1. The highest BCUT2D eigenvalue weighted by atomic mass is 127. The van der Waals surface area contributed by atoms with E-state index < -0.39 is 10.0 Å². The van der Waals surface area contributed by atoms with Gasteiger partial charge in [0.05, 0.1) is 35.2 Å². The number of nitrogens with one attached hydrogen (secondary N) is 1. The molecule has 0 aliphatic carbocycles. The summed E-state index contributed by atoms with van der Waals surface area (Å²) in [6.07, 6.45) is 0.761. The van der Waals surface area contributed by atoms with Crippen molar-refractivity contribution in [1.29, 1.82) is 0 Å². The number of nitrogens with zero attached hydrogens (tertiary/aromatic N) is 4. The molecule has 1 aromatic carbocycles. The van der Waals surface area contributed by atoms with E-state index in [9.17, 15) is 8.42 Å². The Hall–Kier alpha value is -1.40. The Morgan fingerprint density at radius 1 is 1.38 bits per heavy atom. The normalized spacial score (nSPS) is 13.8. The lowest BCUT2D eigenvalue weighted by atomic mass is 10.2. The van der Waals surface area contributed by atoms with Crippen LogP contribution in [0.4, 0.5) is 5.69 Å². The zero-order valence-corrected chi connectivity index (χ0v) is 20.9. The second-order valence-electron chi connectivity index (χ2n) is 6.72. The number of para-hydroxylation sites is 1. The van der Waals surface area contributed by atoms with Gasteiger partial charge in [0, 0.05) is 25.5 Å². The Kier molecular flexibility index (Phi) is 8.71. The van der Waals surface area contributed by atoms with E-state index >= 15 is 0 Å². The van der Waals surface area contributed by atoms with Crippen LogP contribution in [0.25, 0.3) is 0 Å². The summed E-state index contributed by atoms with van der Waals surface area (Å²) in [5, 5.41) is 6.29. The van der Waals surface area contributed by atoms with Crippen LogP contribution in [0.5, 0.6) is 0 Å². The molecule has 160 valence electrons. The first-order chi connectivity index (χ1) is 13.4. The van der Waals surface area contributed by atoms with Gasteiger partial charge in [-0.1, -0.05) is 18.2 Å². The summed E-state index contributed by atoms with van der Waals surface area (Å²) >= 11 is 1.62. The summed E-state index contributed by atoms with van der Waals surface area (Å²) in [6, 6.07) is 7.68. The van der Waals surface area contributed by atoms with Crippen LogP contribution in [0, 0.1) is 6.92 Å². The molecule has 0 unspecified atom stereocenters. The molecule has 0 saturated carbocycles. The predicted molar refractivity (Wildman–Crippen MR) is 131 cm³/mol. The van der Waals surface area contributed by atoms with E-state index in [1.807, 2.05) is 55.4 Å². The molecule has 2 aromatic rings. The molecule has 0 bridgehead atoms. The minimum atomic E-state index is -3.40. The fourth-order valence-corrected chi connectivity index (χ4v) is 5.24. The molecule has 1 aliphatic heterocycles. The summed E-state index contributed by atoms with van der Waals surface area (Å²) in [6.45, 7) is 6.04. The Morgan fingerprint density at radius 2 is 2.14 bits per heavy atom. The van der Waals surface area contributed by atoms with Gasteiger partial charge in [0.15, 0.2) is 5.96 Å². The van der Waals surface area contributed by atoms with Crippen LogP contribution in [0.15, 0.2) is 34.6 Å². The average Bonchev–Trinajstić information content (AvgIpc) is 3.27. The lowest BCUT2D eigenvalue weighted by Crippen LogP contribution is -2.39. The van der Waals surface area contributed by atoms with E-state index in [-0.39, 0.29) is 36.3 Å². The number of aryl methyl sites for hydroxylation is 1. The molecule has 0 saturated heterocycles. The van der Waals surface area contributed by atoms with E-state index in [1.165, 1.54) is 4.31 Å². The highest BCUT2D eigenvalue weighted by Gasteiger charge is 2.28. The lowest BCUT2D eigenvalue weighted by molar-refractivity contribution is 0.471. The SMILES string of the molecule is CCNC(=NCCS(=O)(=O)N1CCc2ccccc21)N(C)Cc1csc(C)n1.I. The van der Waals surface area contributed by atoms with Crippen LogP contribution in [-0.4, -0.2) is 56.7 Å². The number of fused-ring (bicyclic) bond motifs is 1. The molecule has 2 heterocycles. The molecule has 3 rings (SSSR count). The number of sulfonamides is 1. The number of anilines is 1. The maximum absolute atomic E-state index is 12.8. The van der Waals surface area contributed by atoms with Crippen molar-refractivity contribution in [3.63, 3.8) is 0 Å². The summed E-state index contributed by atoms with van der Waals surface area (Å²) in [4.78, 5) is 11.0. The Bertz CT molecular complexity index is 946. The van der Waals surface area contributed by atoms with Crippen LogP contribution in [0.3, 0.4) is 0 Å². The minimum absolute atomic E-state index is 0. The van der Waals surface area contributed by atoms with Crippen LogP contribution in [0.2, 0.25) is 0 Å². The number of aliphatic imine (C=N–C) groups is 1. The minimum Gasteiger partial charge on any atom is -0.357 e. The van der Waals surface area contributed by atoms with Crippen molar-refractivity contribution in [3.05, 3.63) is 45.9 Å². The molecule has 0 atom stereocenters. The first kappa shape index (κ1) is 23.9. The van der Waals surface area contributed by atoms with Gasteiger partial charge in [-0.3, -0.25) is 9.30 Å². The molecule has 0 spiro atoms. The van der Waals surface area contributed by atoms with Gasteiger partial charge >= 0.3 is 0 Å². The molecule has 0 amide bonds. The lowest BCUT2D eigenvalue weighted by Gasteiger charge is -2.22. The first-order valence-electron chi connectivity index (χ1n) is 9.39. The molecule has 0 radical (unpaired) electrons. The third kappa shape index (κ3) is 6.05. The van der Waals surface area contributed by atoms with Crippen LogP contribution in [0.1, 0.15) is 23.2 Å². The third-order valence-electron chi connectivity index (χ3n) is 4.55. The van der Waals surface area contributed by atoms with Crippen LogP contribution >= 0.6 is 35.3 Å². The zero-order chi connectivity index (χ0) is 20.1. The van der Waals surface area contributed by atoms with Crippen LogP contribution < -0.4 is 9.62 Å². The highest BCUT2D eigenvalue weighted by Crippen LogP contribution is 2.29. The number of thiazole rings is 1. The molecule has 7 nitrogen and oxygen atoms in total. The molecule has 1 N–H and O–H groups in total. The third-order valence-corrected chi connectivity index (χ3v) is 7.12. The Labute approximate surface area is 194 Å². The fraction of sp³-hybridized carbons (Fsp3) is 0.474. The van der Waals surface area contributed by atoms with Gasteiger partial charge in [-0.05, 0) is 31.9 Å². The number of benzene rings is 1. The predicted octanol–water partition coefficient (Wildman–Crippen LogP) is 2.86. The van der Waals surface area contributed by atoms with E-state index in [1.54, 1.807) is 11.3 Å². The quantitative estimate of drug-likeness (QED) is 0.327. The van der Waals surface area contributed by atoms with Gasteiger partial charge in [-0.2, -0.15) is 0 Å². The standard InChI is InChI=1S/C19H27N5O2S2.HI/c1-4-20-19(23(3)13-17-14-27-15(2)22-17)21-10-12-28(25,26)24-11-9-16-7-5-6-8-18(16)24;/h5-8,14H,4,9-13H2,1-3H3,(H,20,21);1H. The smallest absolute Gasteiger partial charge is 0.237 e. The van der Waals surface area contributed by atoms with Gasteiger partial charge in [0.25, 0.3) is 0 Å². The number of aromatic nitrogens is 1. The van der Waals surface area contributed by atoms with Crippen molar-refractivity contribution < 1.29 is 8.42 Å². The van der Waals surface area contributed by atoms with Crippen molar-refractivity contribution >= 4 is 57.0 Å². The molecule has 29 heavy (non-hydrogen) atoms. The second kappa shape index (κ2) is 10.6. The first-order valence-corrected chi connectivity index (χ1v) is 11.9. The number of halogens is 1. The highest BCUT2D eigenvalue weighted by molar-refractivity contribution is 14.0. The van der Waals surface area contributed by atoms with Crippen molar-refractivity contribution in [2.24, 2.45) is 4.99 Å². The maximum Gasteiger partial charge on any atom is 0.237 e. The molecule has 1 aliphatic rings. The summed E-state index contributed by atoms with van der Waals surface area (Å²) in [5.41, 5.74) is 2.87. The molecule has 1 aromatic heterocycles. The zero-order valence-electron chi connectivity index (χ0n) is 17.0. The van der Waals surface area contributed by atoms with Crippen molar-refractivity contribution in [2.45, 2.75) is 26.8 Å². The molecular formula is C19H28IN5O2S2. The van der Waals surface area contributed by atoms with Gasteiger partial charge in [0.2, 0.25) is 10.0 Å². The average molecular weight is 550 g/mol. The maximum atomic E-state index is 12.8. The van der Waals surface area contributed by atoms with Crippen molar-refractivity contribution in [1.82, 2.24) is 15.2 Å². The Morgan fingerprint density at radius 3 is 2.83 bits per heavy atom. The van der Waals surface area contributed by atoms with E-state index in [0.717, 1.165) is 28.4 Å². The van der Waals surface area contributed by atoms with E-state index in [4.69, 9.17) is 0 Å². The van der Waals surface area contributed by atoms with Crippen molar-refractivity contribution in [2.75, 3.05) is 36.7 Å². The van der Waals surface area contributed by atoms with E-state index in [0.29, 0.717) is 25.6 Å². The van der Waals surface area contributed by atoms with Gasteiger partial charge in [0.1, 0.15) is 0 Å². The van der Waals surface area contributed by atoms with Gasteiger partial charge in [-0.25, -0.2) is 13.4 Å². The Balaban J connectivity index is 0.00000300. The monoisotopic (exact) mass is 549 g/mol. The fourth-order valence-electron chi connectivity index (χ4n) is 3.24. The van der Waals surface area contributed by atoms with Crippen molar-refractivity contribution in [3.8, 4) is 0 Å². The molecular weight excluding hydrogens is 521 g/mol. The number of guanidine groups is 1. The number of hydrogen-bond acceptors (Lipinski definition) is 5. The molecule has 10 heteroatoms. The topological polar surface area (TPSA) is 77.9 Å². The second-order valence-corrected chi connectivity index (χ2v) is 9.79. The van der Waals surface area contributed by atoms with Gasteiger partial charge in [-0.15, -0.1) is 35.3 Å². The van der Waals surface area contributed by atoms with Gasteiger partial charge < -0.3 is 10.2 Å². The summed E-state index contributed by atoms with van der Waals surface area (Å²) in [5.74, 6) is 0.671. The number of hydrogen-bond donors (Lipinski definition) is 1. The summed E-state index contributed by atoms with van der Waals surface area (Å²) in [7, 11) is -1.46. The largest absolute Gasteiger partial charge is 0.357 e. The number of rotatable bonds is 7. The molecule has 0 fully saturated rings. The van der Waals surface area contributed by atoms with E-state index in [2.05, 4.69) is 15.3 Å².